The van der Waals surface area contributed by atoms with Crippen molar-refractivity contribution in [1.82, 2.24) is 4.98 Å². The summed E-state index contributed by atoms with van der Waals surface area (Å²) in [5.74, 6) is -2.65. The number of primary amides is 1. The third-order valence-electron chi connectivity index (χ3n) is 4.11. The van der Waals surface area contributed by atoms with Gasteiger partial charge in [0.1, 0.15) is 10.4 Å². The molecule has 0 spiro atoms. The Morgan fingerprint density at radius 1 is 1.54 bits per heavy atom. The maximum absolute atomic E-state index is 12.4. The SMILES string of the molecule is CCOC(=O)C1(C(N)=O)CC(C#N)(c2nc(C)cs2)CCC1=O.[NaH]. The zero-order valence-electron chi connectivity index (χ0n) is 12.9. The van der Waals surface area contributed by atoms with Gasteiger partial charge in [-0.3, -0.25) is 14.4 Å². The molecule has 7 nitrogen and oxygen atoms in total. The van der Waals surface area contributed by atoms with Crippen LogP contribution in [0.25, 0.3) is 0 Å². The van der Waals surface area contributed by atoms with Crippen molar-refractivity contribution in [3.8, 4) is 6.07 Å². The number of aromatic nitrogens is 1. The molecule has 2 unspecified atom stereocenters. The van der Waals surface area contributed by atoms with Crippen LogP contribution >= 0.6 is 11.3 Å². The van der Waals surface area contributed by atoms with Crippen molar-refractivity contribution in [1.29, 1.82) is 5.26 Å². The number of nitriles is 1. The molecule has 1 saturated carbocycles. The molecule has 1 heterocycles. The van der Waals surface area contributed by atoms with Gasteiger partial charge in [0.25, 0.3) is 0 Å². The van der Waals surface area contributed by atoms with Crippen LogP contribution in [0, 0.1) is 23.7 Å². The predicted octanol–water partition coefficient (Wildman–Crippen LogP) is 0.352. The summed E-state index contributed by atoms with van der Waals surface area (Å²) >= 11 is 1.27. The number of amides is 1. The Bertz CT molecular complexity index is 714. The van der Waals surface area contributed by atoms with Crippen LogP contribution in [-0.4, -0.2) is 58.8 Å². The molecule has 1 aliphatic carbocycles. The molecular weight excluding hydrogens is 341 g/mol. The molecule has 1 aromatic rings. The number of nitrogens with zero attached hydrogens (tertiary/aromatic N) is 2. The number of esters is 1. The van der Waals surface area contributed by atoms with Crippen LogP contribution in [0.1, 0.15) is 36.9 Å². The van der Waals surface area contributed by atoms with Gasteiger partial charge in [0.15, 0.2) is 5.78 Å². The van der Waals surface area contributed by atoms with E-state index in [0.29, 0.717) is 5.01 Å². The quantitative estimate of drug-likeness (QED) is 0.470. The molecule has 0 aromatic carbocycles. The molecule has 1 amide bonds. The number of thiazole rings is 1. The average molecular weight is 359 g/mol. The molecule has 0 aliphatic heterocycles. The van der Waals surface area contributed by atoms with Crippen molar-refractivity contribution in [3.05, 3.63) is 16.1 Å². The van der Waals surface area contributed by atoms with Gasteiger partial charge in [-0.15, -0.1) is 11.3 Å². The number of ether oxygens (including phenoxy) is 1. The molecule has 2 atom stereocenters. The number of hydrogen-bond acceptors (Lipinski definition) is 7. The molecule has 1 aromatic heterocycles. The number of carbonyl (C=O) groups is 3. The van der Waals surface area contributed by atoms with E-state index in [2.05, 4.69) is 11.1 Å². The Hall–Kier alpha value is -1.27. The fourth-order valence-electron chi connectivity index (χ4n) is 2.84. The molecule has 124 valence electrons. The Morgan fingerprint density at radius 3 is 2.67 bits per heavy atom. The van der Waals surface area contributed by atoms with E-state index in [1.807, 2.05) is 0 Å². The first kappa shape index (κ1) is 20.8. The molecule has 9 heteroatoms. The van der Waals surface area contributed by atoms with E-state index in [0.717, 1.165) is 5.69 Å². The van der Waals surface area contributed by atoms with Gasteiger partial charge in [0.05, 0.1) is 12.7 Å². The van der Waals surface area contributed by atoms with Gasteiger partial charge >= 0.3 is 35.5 Å². The number of carbonyl (C=O) groups excluding carboxylic acids is 3. The fraction of sp³-hybridized carbons (Fsp3) is 0.533. The summed E-state index contributed by atoms with van der Waals surface area (Å²) in [5, 5.41) is 12.0. The molecule has 24 heavy (non-hydrogen) atoms. The van der Waals surface area contributed by atoms with Gasteiger partial charge in [-0.1, -0.05) is 0 Å². The van der Waals surface area contributed by atoms with E-state index in [-0.39, 0.29) is 55.4 Å². The van der Waals surface area contributed by atoms with Crippen molar-refractivity contribution >= 4 is 58.6 Å². The van der Waals surface area contributed by atoms with E-state index in [4.69, 9.17) is 10.5 Å². The van der Waals surface area contributed by atoms with Gasteiger partial charge in [-0.25, -0.2) is 4.98 Å². The number of ketones is 1. The first-order valence-corrected chi connectivity index (χ1v) is 8.04. The monoisotopic (exact) mass is 359 g/mol. The summed E-state index contributed by atoms with van der Waals surface area (Å²) in [4.78, 5) is 41.1. The minimum absolute atomic E-state index is 0. The summed E-state index contributed by atoms with van der Waals surface area (Å²) in [5.41, 5.74) is 2.81. The van der Waals surface area contributed by atoms with Crippen molar-refractivity contribution in [2.24, 2.45) is 11.1 Å². The van der Waals surface area contributed by atoms with Gasteiger partial charge < -0.3 is 10.5 Å². The Balaban J connectivity index is 0.00000288. The fourth-order valence-corrected chi connectivity index (χ4v) is 3.82. The summed E-state index contributed by atoms with van der Waals surface area (Å²) in [6.07, 6.45) is -0.228. The van der Waals surface area contributed by atoms with Gasteiger partial charge in [0, 0.05) is 23.9 Å². The molecule has 2 rings (SSSR count). The first-order chi connectivity index (χ1) is 10.8. The summed E-state index contributed by atoms with van der Waals surface area (Å²) in [7, 11) is 0. The molecule has 0 radical (unpaired) electrons. The van der Waals surface area contributed by atoms with Crippen LogP contribution in [-0.2, 0) is 24.5 Å². The van der Waals surface area contributed by atoms with Gasteiger partial charge in [0.2, 0.25) is 11.3 Å². The Morgan fingerprint density at radius 2 is 2.21 bits per heavy atom. The Kier molecular flexibility index (Phi) is 6.70. The predicted molar refractivity (Wildman–Crippen MR) is 88.4 cm³/mol. The second-order valence-electron chi connectivity index (χ2n) is 5.58. The second-order valence-corrected chi connectivity index (χ2v) is 6.44. The number of nitrogens with two attached hydrogens (primary N) is 1. The van der Waals surface area contributed by atoms with Crippen LogP contribution < -0.4 is 5.73 Å². The molecule has 1 aliphatic rings. The van der Waals surface area contributed by atoms with E-state index in [1.54, 1.807) is 19.2 Å². The average Bonchev–Trinajstić information content (AvgIpc) is 2.95. The van der Waals surface area contributed by atoms with Crippen LogP contribution in [0.5, 0.6) is 0 Å². The maximum atomic E-state index is 12.4. The zero-order valence-corrected chi connectivity index (χ0v) is 13.7. The summed E-state index contributed by atoms with van der Waals surface area (Å²) in [6, 6.07) is 2.15. The van der Waals surface area contributed by atoms with Crippen molar-refractivity contribution in [2.75, 3.05) is 6.61 Å². The summed E-state index contributed by atoms with van der Waals surface area (Å²) in [6.45, 7) is 3.37. The van der Waals surface area contributed by atoms with E-state index >= 15 is 0 Å². The van der Waals surface area contributed by atoms with E-state index in [9.17, 15) is 19.6 Å². The number of hydrogen-bond donors (Lipinski definition) is 1. The first-order valence-electron chi connectivity index (χ1n) is 7.16. The van der Waals surface area contributed by atoms with Crippen molar-refractivity contribution < 1.29 is 19.1 Å². The second kappa shape index (κ2) is 7.74. The normalized spacial score (nSPS) is 26.1. The van der Waals surface area contributed by atoms with Gasteiger partial charge in [-0.05, 0) is 20.3 Å². The zero-order chi connectivity index (χ0) is 17.3. The third-order valence-corrected chi connectivity index (χ3v) is 5.27. The number of rotatable bonds is 4. The molecule has 0 saturated heterocycles. The molecule has 2 N–H and O–H groups in total. The standard InChI is InChI=1S/C15H17N3O4S.Na.H/c1-3-22-13(21)15(11(17)20)7-14(8-16,5-4-10(15)19)12-18-9(2)6-23-12;;/h6H,3-5,7H2,1-2H3,(H2,17,20);;. The Labute approximate surface area is 165 Å². The van der Waals surface area contributed by atoms with Crippen LogP contribution in [0.15, 0.2) is 5.38 Å². The molecule has 0 bridgehead atoms. The van der Waals surface area contributed by atoms with Crippen LogP contribution in [0.3, 0.4) is 0 Å². The van der Waals surface area contributed by atoms with Crippen molar-refractivity contribution in [2.45, 2.75) is 38.5 Å². The van der Waals surface area contributed by atoms with E-state index < -0.39 is 28.5 Å². The van der Waals surface area contributed by atoms with Crippen molar-refractivity contribution in [3.63, 3.8) is 0 Å². The number of aryl methyl sites for hydroxylation is 1. The topological polar surface area (TPSA) is 123 Å². The minimum atomic E-state index is -2.12. The molecular formula is C15H18N3NaO4S. The molecule has 1 fully saturated rings. The van der Waals surface area contributed by atoms with Gasteiger partial charge in [-0.2, -0.15) is 5.26 Å². The summed E-state index contributed by atoms with van der Waals surface area (Å²) < 4.78 is 4.91. The van der Waals surface area contributed by atoms with E-state index in [1.165, 1.54) is 11.3 Å². The number of Topliss-reactive ketones (excluding diaryl/α,β-unsaturated/α-hetero) is 1. The van der Waals surface area contributed by atoms with Crippen LogP contribution in [0.2, 0.25) is 0 Å². The third kappa shape index (κ3) is 3.26. The van der Waals surface area contributed by atoms with Crippen LogP contribution in [0.4, 0.5) is 0 Å².